The van der Waals surface area contributed by atoms with Gasteiger partial charge in [0.05, 0.1) is 17.1 Å². The molecule has 0 spiro atoms. The lowest BCUT2D eigenvalue weighted by molar-refractivity contribution is -0.119. The first-order valence-corrected chi connectivity index (χ1v) is 7.74. The number of primary amides is 1. The Kier molecular flexibility index (Phi) is 3.34. The maximum Gasteiger partial charge on any atom is 0.252 e. The van der Waals surface area contributed by atoms with Crippen LogP contribution in [0.2, 0.25) is 0 Å². The maximum atomic E-state index is 11.7. The van der Waals surface area contributed by atoms with Gasteiger partial charge in [-0.05, 0) is 18.6 Å². The molecule has 1 aromatic carbocycles. The van der Waals surface area contributed by atoms with Crippen LogP contribution in [0.3, 0.4) is 0 Å². The summed E-state index contributed by atoms with van der Waals surface area (Å²) >= 11 is 0. The molecule has 0 radical (unpaired) electrons. The Morgan fingerprint density at radius 3 is 3.08 bits per heavy atom. The molecule has 7 heteroatoms. The first kappa shape index (κ1) is 14.5. The highest BCUT2D eigenvalue weighted by Crippen LogP contribution is 2.29. The molecule has 4 rings (SSSR count). The number of hydrogen-bond donors (Lipinski definition) is 2. The van der Waals surface area contributed by atoms with Gasteiger partial charge in [-0.2, -0.15) is 0 Å². The second kappa shape index (κ2) is 5.52. The number of benzene rings is 1. The summed E-state index contributed by atoms with van der Waals surface area (Å²) in [6.45, 7) is 0.401. The molecule has 2 amide bonds. The molecule has 122 valence electrons. The lowest BCUT2D eigenvalue weighted by Crippen LogP contribution is -2.30. The summed E-state index contributed by atoms with van der Waals surface area (Å²) in [6.07, 6.45) is 4.71. The summed E-state index contributed by atoms with van der Waals surface area (Å²) in [5.41, 5.74) is 7.15. The van der Waals surface area contributed by atoms with Crippen molar-refractivity contribution in [2.24, 2.45) is 5.73 Å². The van der Waals surface area contributed by atoms with Gasteiger partial charge in [0.15, 0.2) is 0 Å². The number of ether oxygens (including phenoxy) is 1. The van der Waals surface area contributed by atoms with Crippen LogP contribution >= 0.6 is 0 Å². The molecule has 7 nitrogen and oxygen atoms in total. The number of nitrogens with zero attached hydrogens (tertiary/aromatic N) is 2. The summed E-state index contributed by atoms with van der Waals surface area (Å²) in [7, 11) is 0. The quantitative estimate of drug-likeness (QED) is 0.754. The van der Waals surface area contributed by atoms with Crippen LogP contribution in [0, 0.1) is 0 Å². The van der Waals surface area contributed by atoms with E-state index in [1.165, 1.54) is 0 Å². The van der Waals surface area contributed by atoms with Crippen LogP contribution in [-0.2, 0) is 4.79 Å². The second-order valence-corrected chi connectivity index (χ2v) is 5.85. The minimum absolute atomic E-state index is 0.0240. The van der Waals surface area contributed by atoms with Gasteiger partial charge in [0.1, 0.15) is 18.0 Å². The molecule has 1 aliphatic heterocycles. The lowest BCUT2D eigenvalue weighted by atomic mass is 10.1. The zero-order valence-electron chi connectivity index (χ0n) is 12.9. The van der Waals surface area contributed by atoms with Gasteiger partial charge in [-0.1, -0.05) is 12.1 Å². The standard InChI is InChI=1S/C17H16N4O3/c18-16(23)12-8-10-2-1-3-13(15(10)21-7-6-19-17(12)21)24-9-11-4-5-14(22)20-11/h1-3,6-8,11H,4-5,9H2,(H2,18,23)(H,20,22). The van der Waals surface area contributed by atoms with Crippen molar-refractivity contribution in [3.8, 4) is 5.75 Å². The average molecular weight is 324 g/mol. The summed E-state index contributed by atoms with van der Waals surface area (Å²) in [5, 5.41) is 3.72. The highest BCUT2D eigenvalue weighted by atomic mass is 16.5. The van der Waals surface area contributed by atoms with Gasteiger partial charge in [0, 0.05) is 24.2 Å². The Morgan fingerprint density at radius 1 is 1.46 bits per heavy atom. The summed E-state index contributed by atoms with van der Waals surface area (Å²) in [6, 6.07) is 7.37. The SMILES string of the molecule is NC(=O)c1cc2cccc(OCC3CCC(=O)N3)c2n2ccnc12. The highest BCUT2D eigenvalue weighted by molar-refractivity contribution is 6.03. The van der Waals surface area contributed by atoms with Crippen LogP contribution in [0.5, 0.6) is 5.75 Å². The van der Waals surface area contributed by atoms with Crippen molar-refractivity contribution in [1.82, 2.24) is 14.7 Å². The van der Waals surface area contributed by atoms with Crippen molar-refractivity contribution in [2.75, 3.05) is 6.61 Å². The van der Waals surface area contributed by atoms with E-state index < -0.39 is 5.91 Å². The third-order valence-electron chi connectivity index (χ3n) is 4.24. The van der Waals surface area contributed by atoms with Crippen molar-refractivity contribution in [3.05, 3.63) is 42.2 Å². The molecule has 0 aliphatic carbocycles. The van der Waals surface area contributed by atoms with Gasteiger partial charge in [0.25, 0.3) is 5.91 Å². The number of carbonyl (C=O) groups excluding carboxylic acids is 2. The molecule has 1 aliphatic rings. The maximum absolute atomic E-state index is 11.7. The number of fused-ring (bicyclic) bond motifs is 3. The van der Waals surface area contributed by atoms with E-state index in [0.717, 1.165) is 17.3 Å². The third kappa shape index (κ3) is 2.34. The van der Waals surface area contributed by atoms with E-state index in [-0.39, 0.29) is 11.9 Å². The van der Waals surface area contributed by atoms with Crippen molar-refractivity contribution in [2.45, 2.75) is 18.9 Å². The zero-order valence-corrected chi connectivity index (χ0v) is 12.9. The number of hydrogen-bond acceptors (Lipinski definition) is 4. The second-order valence-electron chi connectivity index (χ2n) is 5.85. The fourth-order valence-electron chi connectivity index (χ4n) is 3.11. The van der Waals surface area contributed by atoms with Gasteiger partial charge in [-0.3, -0.25) is 14.0 Å². The summed E-state index contributed by atoms with van der Waals surface area (Å²) in [4.78, 5) is 27.2. The first-order valence-electron chi connectivity index (χ1n) is 7.74. The van der Waals surface area contributed by atoms with Gasteiger partial charge in [-0.25, -0.2) is 4.98 Å². The Balaban J connectivity index is 1.77. The van der Waals surface area contributed by atoms with Crippen LogP contribution in [0.4, 0.5) is 0 Å². The van der Waals surface area contributed by atoms with E-state index in [1.807, 2.05) is 18.2 Å². The number of imidazole rings is 1. The number of nitrogens with two attached hydrogens (primary N) is 1. The number of nitrogens with one attached hydrogen (secondary N) is 1. The Labute approximate surface area is 137 Å². The van der Waals surface area contributed by atoms with Crippen molar-refractivity contribution in [1.29, 1.82) is 0 Å². The molecular formula is C17H16N4O3. The fraction of sp³-hybridized carbons (Fsp3) is 0.235. The molecule has 0 bridgehead atoms. The molecule has 3 aromatic rings. The topological polar surface area (TPSA) is 98.7 Å². The minimum atomic E-state index is -0.520. The summed E-state index contributed by atoms with van der Waals surface area (Å²) in [5.74, 6) is 0.213. The van der Waals surface area contributed by atoms with E-state index in [0.29, 0.717) is 30.0 Å². The van der Waals surface area contributed by atoms with Crippen molar-refractivity contribution < 1.29 is 14.3 Å². The van der Waals surface area contributed by atoms with Crippen LogP contribution in [0.25, 0.3) is 16.6 Å². The number of amides is 2. The zero-order chi connectivity index (χ0) is 16.7. The fourth-order valence-corrected chi connectivity index (χ4v) is 3.11. The Morgan fingerprint density at radius 2 is 2.33 bits per heavy atom. The summed E-state index contributed by atoms with van der Waals surface area (Å²) < 4.78 is 7.75. The molecule has 3 heterocycles. The monoisotopic (exact) mass is 324 g/mol. The highest BCUT2D eigenvalue weighted by Gasteiger charge is 2.22. The molecular weight excluding hydrogens is 308 g/mol. The predicted molar refractivity (Wildman–Crippen MR) is 87.9 cm³/mol. The molecule has 0 saturated carbocycles. The van der Waals surface area contributed by atoms with E-state index in [2.05, 4.69) is 10.3 Å². The molecule has 1 atom stereocenters. The largest absolute Gasteiger partial charge is 0.489 e. The normalized spacial score (nSPS) is 17.3. The lowest BCUT2D eigenvalue weighted by Gasteiger charge is -2.15. The number of aromatic nitrogens is 2. The van der Waals surface area contributed by atoms with Crippen LogP contribution < -0.4 is 15.8 Å². The smallest absolute Gasteiger partial charge is 0.252 e. The van der Waals surface area contributed by atoms with Crippen molar-refractivity contribution >= 4 is 28.4 Å². The van der Waals surface area contributed by atoms with Gasteiger partial charge < -0.3 is 15.8 Å². The number of para-hydroxylation sites is 1. The Bertz CT molecular complexity index is 963. The van der Waals surface area contributed by atoms with E-state index in [9.17, 15) is 9.59 Å². The molecule has 24 heavy (non-hydrogen) atoms. The van der Waals surface area contributed by atoms with Crippen LogP contribution in [0.1, 0.15) is 23.2 Å². The minimum Gasteiger partial charge on any atom is -0.489 e. The molecule has 1 saturated heterocycles. The number of pyridine rings is 1. The predicted octanol–water partition coefficient (Wildman–Crippen LogP) is 1.24. The Hall–Kier alpha value is -3.09. The van der Waals surface area contributed by atoms with Crippen LogP contribution in [0.15, 0.2) is 36.7 Å². The molecule has 2 aromatic heterocycles. The van der Waals surface area contributed by atoms with Crippen molar-refractivity contribution in [3.63, 3.8) is 0 Å². The third-order valence-corrected chi connectivity index (χ3v) is 4.24. The first-order chi connectivity index (χ1) is 11.6. The van der Waals surface area contributed by atoms with Gasteiger partial charge in [0.2, 0.25) is 5.91 Å². The number of rotatable bonds is 4. The van der Waals surface area contributed by atoms with E-state index >= 15 is 0 Å². The molecule has 1 fully saturated rings. The van der Waals surface area contributed by atoms with E-state index in [1.54, 1.807) is 22.9 Å². The van der Waals surface area contributed by atoms with Gasteiger partial charge >= 0.3 is 0 Å². The van der Waals surface area contributed by atoms with Crippen LogP contribution in [-0.4, -0.2) is 33.8 Å². The molecule has 1 unspecified atom stereocenters. The number of carbonyl (C=O) groups is 2. The van der Waals surface area contributed by atoms with Gasteiger partial charge in [-0.15, -0.1) is 0 Å². The van der Waals surface area contributed by atoms with E-state index in [4.69, 9.17) is 10.5 Å². The molecule has 3 N–H and O–H groups in total. The average Bonchev–Trinajstić information content (AvgIpc) is 3.20.